The molecule has 0 amide bonds. The van der Waals surface area contributed by atoms with Crippen LogP contribution in [-0.4, -0.2) is 0 Å². The van der Waals surface area contributed by atoms with E-state index in [9.17, 15) is 0 Å². The molecule has 0 saturated carbocycles. The Morgan fingerprint density at radius 1 is 0.810 bits per heavy atom. The molecule has 0 spiro atoms. The van der Waals surface area contributed by atoms with E-state index in [4.69, 9.17) is 0 Å². The van der Waals surface area contributed by atoms with Gasteiger partial charge in [0.2, 0.25) is 0 Å². The first-order valence-corrected chi connectivity index (χ1v) is 9.58. The molecular weight excluding hydrogens is 290 g/mol. The van der Waals surface area contributed by atoms with Crippen LogP contribution in [0, 0.1) is 0 Å². The first-order valence-electron chi connectivity index (χ1n) is 7.43. The van der Waals surface area contributed by atoms with Crippen molar-refractivity contribution in [2.45, 2.75) is 19.3 Å². The van der Waals surface area contributed by atoms with Crippen LogP contribution in [0.15, 0.2) is 60.1 Å². The summed E-state index contributed by atoms with van der Waals surface area (Å²) >= 11 is 0. The van der Waals surface area contributed by atoms with Crippen LogP contribution in [0.5, 0.6) is 0 Å². The van der Waals surface area contributed by atoms with Gasteiger partial charge in [0.15, 0.2) is 0 Å². The Labute approximate surface area is 128 Å². The summed E-state index contributed by atoms with van der Waals surface area (Å²) < 4.78 is 0. The first kappa shape index (κ1) is 13.2. The third-order valence-corrected chi connectivity index (χ3v) is 6.51. The molecule has 0 aliphatic carbocycles. The molecule has 2 heterocycles. The maximum atomic E-state index is 2.38. The second kappa shape index (κ2) is 5.38. The third-order valence-electron chi connectivity index (χ3n) is 4.31. The van der Waals surface area contributed by atoms with Crippen molar-refractivity contribution < 1.29 is 0 Å². The summed E-state index contributed by atoms with van der Waals surface area (Å²) in [6, 6.07) is 18.5. The predicted molar refractivity (Wildman–Crippen MR) is 99.0 cm³/mol. The normalized spacial score (nSPS) is 13.8. The minimum Gasteiger partial charge on any atom is -0.132 e. The van der Waals surface area contributed by atoms with Crippen LogP contribution in [0.2, 0.25) is 0 Å². The molecule has 2 aromatic carbocycles. The lowest BCUT2D eigenvalue weighted by atomic mass is 9.93. The van der Waals surface area contributed by atoms with E-state index >= 15 is 0 Å². The number of hydrogen-bond donors (Lipinski definition) is 0. The standard InChI is InChI=1S/C19H18P2/c1-13(15-3-5-19-17(12-15)7-9-21-19)10-14-2-4-18-16(11-14)6-8-20-18/h2-9,11-13,20-21H,10H2,1H3. The first-order chi connectivity index (χ1) is 10.3. The second-order valence-corrected chi connectivity index (χ2v) is 8.15. The highest BCUT2D eigenvalue weighted by Crippen LogP contribution is 2.31. The molecule has 104 valence electrons. The van der Waals surface area contributed by atoms with E-state index < -0.39 is 0 Å². The Bertz CT molecular complexity index is 898. The van der Waals surface area contributed by atoms with Gasteiger partial charge in [0.05, 0.1) is 0 Å². The zero-order chi connectivity index (χ0) is 14.2. The average Bonchev–Trinajstić information content (AvgIpc) is 3.14. The van der Waals surface area contributed by atoms with E-state index in [1.165, 1.54) is 32.1 Å². The zero-order valence-electron chi connectivity index (χ0n) is 12.1. The third kappa shape index (κ3) is 2.55. The molecular formula is C19H18P2. The molecule has 0 fully saturated rings. The second-order valence-electron chi connectivity index (χ2n) is 5.83. The smallest absolute Gasteiger partial charge is 0.00181 e. The predicted octanol–water partition coefficient (Wildman–Crippen LogP) is 6.40. The van der Waals surface area contributed by atoms with E-state index in [0.717, 1.165) is 22.8 Å². The van der Waals surface area contributed by atoms with Crippen LogP contribution in [0.25, 0.3) is 21.0 Å². The Kier molecular flexibility index (Phi) is 3.38. The van der Waals surface area contributed by atoms with E-state index in [-0.39, 0.29) is 0 Å². The molecule has 4 rings (SSSR count). The largest absolute Gasteiger partial charge is 0.132 e. The van der Waals surface area contributed by atoms with Crippen LogP contribution in [-0.2, 0) is 6.42 Å². The van der Waals surface area contributed by atoms with Crippen molar-refractivity contribution >= 4 is 37.4 Å². The molecule has 0 N–H and O–H groups in total. The van der Waals surface area contributed by atoms with E-state index in [1.807, 2.05) is 0 Å². The molecule has 0 aliphatic heterocycles. The fourth-order valence-corrected chi connectivity index (χ4v) is 4.97. The van der Waals surface area contributed by atoms with Gasteiger partial charge in [-0.05, 0) is 56.1 Å². The van der Waals surface area contributed by atoms with Gasteiger partial charge in [-0.15, -0.1) is 16.4 Å². The summed E-state index contributed by atoms with van der Waals surface area (Å²) in [5.41, 5.74) is 2.92. The Morgan fingerprint density at radius 2 is 1.48 bits per heavy atom. The van der Waals surface area contributed by atoms with Gasteiger partial charge >= 0.3 is 0 Å². The van der Waals surface area contributed by atoms with Crippen LogP contribution in [0.4, 0.5) is 0 Å². The molecule has 0 bridgehead atoms. The number of benzene rings is 2. The summed E-state index contributed by atoms with van der Waals surface area (Å²) in [6.45, 7) is 2.34. The highest BCUT2D eigenvalue weighted by molar-refractivity contribution is 7.36. The number of hydrogen-bond acceptors (Lipinski definition) is 0. The molecule has 0 nitrogen and oxygen atoms in total. The summed E-state index contributed by atoms with van der Waals surface area (Å²) in [6.07, 6.45) is 1.12. The number of fused-ring (bicyclic) bond motifs is 2. The van der Waals surface area contributed by atoms with Crippen molar-refractivity contribution in [1.82, 2.24) is 0 Å². The van der Waals surface area contributed by atoms with Gasteiger partial charge in [-0.3, -0.25) is 0 Å². The Morgan fingerprint density at radius 3 is 2.24 bits per heavy atom. The summed E-state index contributed by atoms with van der Waals surface area (Å²) in [5.74, 6) is 5.14. The minimum atomic E-state index is 0.568. The molecule has 0 radical (unpaired) electrons. The lowest BCUT2D eigenvalue weighted by Gasteiger charge is -2.12. The Hall–Kier alpha value is -1.48. The van der Waals surface area contributed by atoms with Gasteiger partial charge in [0, 0.05) is 0 Å². The maximum Gasteiger partial charge on any atom is -0.00181 e. The number of rotatable bonds is 3. The van der Waals surface area contributed by atoms with Crippen molar-refractivity contribution in [1.29, 1.82) is 0 Å². The molecule has 2 aromatic heterocycles. The van der Waals surface area contributed by atoms with Gasteiger partial charge in [-0.2, -0.15) is 0 Å². The summed E-state index contributed by atoms with van der Waals surface area (Å²) in [5, 5.41) is 5.84. The lowest BCUT2D eigenvalue weighted by molar-refractivity contribution is 0.761. The van der Waals surface area contributed by atoms with Crippen molar-refractivity contribution in [3.8, 4) is 0 Å². The van der Waals surface area contributed by atoms with Gasteiger partial charge in [0.1, 0.15) is 0 Å². The molecule has 2 heteroatoms. The van der Waals surface area contributed by atoms with Gasteiger partial charge < -0.3 is 0 Å². The topological polar surface area (TPSA) is 0 Å². The summed E-state index contributed by atoms with van der Waals surface area (Å²) in [7, 11) is 1.72. The average molecular weight is 308 g/mol. The fraction of sp³-hybridized carbons (Fsp3) is 0.158. The van der Waals surface area contributed by atoms with Crippen molar-refractivity contribution in [2.75, 3.05) is 0 Å². The van der Waals surface area contributed by atoms with Crippen LogP contribution >= 0.6 is 16.4 Å². The highest BCUT2D eigenvalue weighted by Gasteiger charge is 2.08. The van der Waals surface area contributed by atoms with E-state index in [1.54, 1.807) is 0 Å². The zero-order valence-corrected chi connectivity index (χ0v) is 14.1. The van der Waals surface area contributed by atoms with Crippen molar-refractivity contribution in [3.05, 3.63) is 71.3 Å². The van der Waals surface area contributed by atoms with Crippen molar-refractivity contribution in [3.63, 3.8) is 0 Å². The van der Waals surface area contributed by atoms with Crippen molar-refractivity contribution in [2.24, 2.45) is 0 Å². The lowest BCUT2D eigenvalue weighted by Crippen LogP contribution is -1.98. The quantitative estimate of drug-likeness (QED) is 0.410. The highest BCUT2D eigenvalue weighted by atomic mass is 31.0. The molecule has 4 aromatic rings. The van der Waals surface area contributed by atoms with Crippen LogP contribution in [0.1, 0.15) is 24.0 Å². The molecule has 3 unspecified atom stereocenters. The Balaban J connectivity index is 1.62. The van der Waals surface area contributed by atoms with Crippen LogP contribution < -0.4 is 0 Å². The van der Waals surface area contributed by atoms with Crippen LogP contribution in [0.3, 0.4) is 0 Å². The van der Waals surface area contributed by atoms with Gasteiger partial charge in [-0.1, -0.05) is 55.5 Å². The van der Waals surface area contributed by atoms with E-state index in [2.05, 4.69) is 67.1 Å². The molecule has 0 aliphatic rings. The molecule has 3 atom stereocenters. The van der Waals surface area contributed by atoms with E-state index in [0.29, 0.717) is 5.92 Å². The summed E-state index contributed by atoms with van der Waals surface area (Å²) in [4.78, 5) is 0. The molecule has 21 heavy (non-hydrogen) atoms. The van der Waals surface area contributed by atoms with Gasteiger partial charge in [0.25, 0.3) is 0 Å². The monoisotopic (exact) mass is 308 g/mol. The fourth-order valence-electron chi connectivity index (χ4n) is 3.08. The van der Waals surface area contributed by atoms with Gasteiger partial charge in [-0.25, -0.2) is 0 Å². The SMILES string of the molecule is CC(Cc1ccc2[pH]ccc2c1)c1ccc2[pH]ccc2c1. The minimum absolute atomic E-state index is 0.568. The molecule has 0 saturated heterocycles. The maximum absolute atomic E-state index is 2.38.